The standard InChI is InChI=1S/C18H13ClN2O5/c1-2-25-13-6-3-11(4-7-13)9-16-18(22)26-17(20-16)14-10-12(21(23)24)5-8-15(14)19/h3-10H,2H2,1H3/b16-9-. The van der Waals surface area contributed by atoms with Crippen LogP contribution in [-0.4, -0.2) is 23.4 Å². The van der Waals surface area contributed by atoms with Gasteiger partial charge < -0.3 is 9.47 Å². The molecule has 0 unspecified atom stereocenters. The summed E-state index contributed by atoms with van der Waals surface area (Å²) in [4.78, 5) is 26.5. The molecule has 0 atom stereocenters. The van der Waals surface area contributed by atoms with Gasteiger partial charge in [0, 0.05) is 12.1 Å². The van der Waals surface area contributed by atoms with Gasteiger partial charge in [-0.1, -0.05) is 23.7 Å². The molecule has 0 saturated carbocycles. The number of esters is 1. The van der Waals surface area contributed by atoms with Crippen LogP contribution in [0.4, 0.5) is 5.69 Å². The van der Waals surface area contributed by atoms with Crippen LogP contribution in [0.3, 0.4) is 0 Å². The van der Waals surface area contributed by atoms with E-state index in [1.165, 1.54) is 18.2 Å². The van der Waals surface area contributed by atoms with Gasteiger partial charge in [-0.15, -0.1) is 0 Å². The molecule has 1 heterocycles. The average molecular weight is 373 g/mol. The Bertz CT molecular complexity index is 935. The van der Waals surface area contributed by atoms with Crippen LogP contribution in [0.15, 0.2) is 53.2 Å². The van der Waals surface area contributed by atoms with Crippen molar-refractivity contribution in [2.45, 2.75) is 6.92 Å². The van der Waals surface area contributed by atoms with E-state index in [1.807, 2.05) is 6.92 Å². The van der Waals surface area contributed by atoms with Gasteiger partial charge in [0.05, 0.1) is 22.1 Å². The Balaban J connectivity index is 1.91. The molecule has 1 aliphatic heterocycles. The molecule has 0 bridgehead atoms. The molecule has 0 fully saturated rings. The van der Waals surface area contributed by atoms with E-state index >= 15 is 0 Å². The first-order valence-corrected chi connectivity index (χ1v) is 8.05. The smallest absolute Gasteiger partial charge is 0.363 e. The molecule has 2 aromatic rings. The Labute approximate surface area is 153 Å². The van der Waals surface area contributed by atoms with Crippen LogP contribution < -0.4 is 4.74 Å². The van der Waals surface area contributed by atoms with Crippen molar-refractivity contribution in [3.8, 4) is 5.75 Å². The minimum Gasteiger partial charge on any atom is -0.494 e. The first-order valence-electron chi connectivity index (χ1n) is 7.67. The number of carbonyl (C=O) groups excluding carboxylic acids is 1. The number of non-ortho nitro benzene ring substituents is 1. The molecule has 2 aromatic carbocycles. The minimum absolute atomic E-state index is 0.0686. The van der Waals surface area contributed by atoms with E-state index in [4.69, 9.17) is 21.1 Å². The topological polar surface area (TPSA) is 91.0 Å². The number of hydrogen-bond donors (Lipinski definition) is 0. The second-order valence-corrected chi connectivity index (χ2v) is 5.67. The van der Waals surface area contributed by atoms with Crippen LogP contribution in [0.1, 0.15) is 18.1 Å². The van der Waals surface area contributed by atoms with Gasteiger partial charge in [-0.2, -0.15) is 0 Å². The van der Waals surface area contributed by atoms with Gasteiger partial charge in [0.2, 0.25) is 5.90 Å². The second-order valence-electron chi connectivity index (χ2n) is 5.26. The normalized spacial score (nSPS) is 14.9. The van der Waals surface area contributed by atoms with Gasteiger partial charge >= 0.3 is 5.97 Å². The van der Waals surface area contributed by atoms with Crippen LogP contribution in [0.5, 0.6) is 5.75 Å². The highest BCUT2D eigenvalue weighted by Crippen LogP contribution is 2.27. The molecule has 0 spiro atoms. The predicted molar refractivity (Wildman–Crippen MR) is 96.3 cm³/mol. The Morgan fingerprint density at radius 1 is 1.27 bits per heavy atom. The summed E-state index contributed by atoms with van der Waals surface area (Å²) >= 11 is 6.06. The Kier molecular flexibility index (Phi) is 4.99. The van der Waals surface area contributed by atoms with Crippen molar-refractivity contribution in [1.29, 1.82) is 0 Å². The zero-order valence-electron chi connectivity index (χ0n) is 13.6. The van der Waals surface area contributed by atoms with E-state index in [-0.39, 0.29) is 27.9 Å². The van der Waals surface area contributed by atoms with Crippen LogP contribution >= 0.6 is 11.6 Å². The fourth-order valence-corrected chi connectivity index (χ4v) is 2.50. The van der Waals surface area contributed by atoms with Gasteiger partial charge in [0.25, 0.3) is 5.69 Å². The van der Waals surface area contributed by atoms with Gasteiger partial charge in [0.1, 0.15) is 5.75 Å². The summed E-state index contributed by atoms with van der Waals surface area (Å²) in [6.07, 6.45) is 1.55. The van der Waals surface area contributed by atoms with Crippen molar-refractivity contribution in [3.63, 3.8) is 0 Å². The Morgan fingerprint density at radius 2 is 2.00 bits per heavy atom. The summed E-state index contributed by atoms with van der Waals surface area (Å²) in [6.45, 7) is 2.45. The monoisotopic (exact) mass is 372 g/mol. The lowest BCUT2D eigenvalue weighted by Crippen LogP contribution is -2.06. The number of rotatable bonds is 5. The maximum absolute atomic E-state index is 12.1. The number of aliphatic imine (C=N–C) groups is 1. The highest BCUT2D eigenvalue weighted by atomic mass is 35.5. The lowest BCUT2D eigenvalue weighted by molar-refractivity contribution is -0.384. The maximum atomic E-state index is 12.1. The summed E-state index contributed by atoms with van der Waals surface area (Å²) in [6, 6.07) is 10.9. The summed E-state index contributed by atoms with van der Waals surface area (Å²) in [5, 5.41) is 11.1. The maximum Gasteiger partial charge on any atom is 0.363 e. The summed E-state index contributed by atoms with van der Waals surface area (Å²) in [5.41, 5.74) is 0.818. The molecule has 0 saturated heterocycles. The van der Waals surface area contributed by atoms with E-state index < -0.39 is 10.9 Å². The molecule has 0 aliphatic carbocycles. The van der Waals surface area contributed by atoms with E-state index in [0.717, 1.165) is 11.3 Å². The molecule has 0 amide bonds. The lowest BCUT2D eigenvalue weighted by Gasteiger charge is -2.02. The third-order valence-electron chi connectivity index (χ3n) is 3.51. The van der Waals surface area contributed by atoms with Crippen LogP contribution in [0, 0.1) is 10.1 Å². The second kappa shape index (κ2) is 7.37. The van der Waals surface area contributed by atoms with E-state index in [0.29, 0.717) is 6.61 Å². The fraction of sp³-hybridized carbons (Fsp3) is 0.111. The number of hydrogen-bond acceptors (Lipinski definition) is 6. The molecule has 0 aromatic heterocycles. The first kappa shape index (κ1) is 17.6. The van der Waals surface area contributed by atoms with E-state index in [1.54, 1.807) is 30.3 Å². The number of halogens is 1. The first-order chi connectivity index (χ1) is 12.5. The van der Waals surface area contributed by atoms with Crippen molar-refractivity contribution >= 4 is 35.2 Å². The zero-order chi connectivity index (χ0) is 18.7. The molecule has 26 heavy (non-hydrogen) atoms. The Hall–Kier alpha value is -3.19. The van der Waals surface area contributed by atoms with Crippen molar-refractivity contribution in [2.75, 3.05) is 6.61 Å². The third-order valence-corrected chi connectivity index (χ3v) is 3.84. The van der Waals surface area contributed by atoms with Crippen molar-refractivity contribution in [2.24, 2.45) is 4.99 Å². The minimum atomic E-state index is -0.656. The number of nitro benzene ring substituents is 1. The van der Waals surface area contributed by atoms with Crippen molar-refractivity contribution < 1.29 is 19.2 Å². The lowest BCUT2D eigenvalue weighted by atomic mass is 10.2. The molecular formula is C18H13ClN2O5. The van der Waals surface area contributed by atoms with Crippen molar-refractivity contribution in [3.05, 3.63) is 74.4 Å². The van der Waals surface area contributed by atoms with E-state index in [2.05, 4.69) is 4.99 Å². The number of ether oxygens (including phenoxy) is 2. The van der Waals surface area contributed by atoms with Crippen LogP contribution in [0.2, 0.25) is 5.02 Å². The summed E-state index contributed by atoms with van der Waals surface area (Å²) < 4.78 is 10.5. The van der Waals surface area contributed by atoms with Gasteiger partial charge in [-0.05, 0) is 36.8 Å². The SMILES string of the molecule is CCOc1ccc(/C=C2\N=C(c3cc([N+](=O)[O-])ccc3Cl)OC2=O)cc1. The Morgan fingerprint density at radius 3 is 2.65 bits per heavy atom. The summed E-state index contributed by atoms with van der Waals surface area (Å²) in [5.74, 6) is -0.00596. The molecule has 132 valence electrons. The molecule has 3 rings (SSSR count). The van der Waals surface area contributed by atoms with Crippen LogP contribution in [-0.2, 0) is 9.53 Å². The number of nitro groups is 1. The van der Waals surface area contributed by atoms with Gasteiger partial charge in [-0.3, -0.25) is 10.1 Å². The molecule has 8 heteroatoms. The quantitative estimate of drug-likeness (QED) is 0.342. The molecule has 0 radical (unpaired) electrons. The van der Waals surface area contributed by atoms with Gasteiger partial charge in [-0.25, -0.2) is 9.79 Å². The fourth-order valence-electron chi connectivity index (χ4n) is 2.30. The number of nitrogens with zero attached hydrogens (tertiary/aromatic N) is 2. The number of cyclic esters (lactones) is 1. The third kappa shape index (κ3) is 3.73. The molecular weight excluding hydrogens is 360 g/mol. The van der Waals surface area contributed by atoms with E-state index in [9.17, 15) is 14.9 Å². The number of carbonyl (C=O) groups is 1. The predicted octanol–water partition coefficient (Wildman–Crippen LogP) is 3.99. The molecule has 7 nitrogen and oxygen atoms in total. The highest BCUT2D eigenvalue weighted by Gasteiger charge is 2.27. The number of benzene rings is 2. The average Bonchev–Trinajstić information content (AvgIpc) is 2.97. The van der Waals surface area contributed by atoms with Crippen molar-refractivity contribution in [1.82, 2.24) is 0 Å². The van der Waals surface area contributed by atoms with Crippen LogP contribution in [0.25, 0.3) is 6.08 Å². The molecule has 1 aliphatic rings. The molecule has 0 N–H and O–H groups in total. The zero-order valence-corrected chi connectivity index (χ0v) is 14.4. The summed E-state index contributed by atoms with van der Waals surface area (Å²) in [7, 11) is 0. The largest absolute Gasteiger partial charge is 0.494 e. The van der Waals surface area contributed by atoms with Gasteiger partial charge in [0.15, 0.2) is 5.70 Å². The highest BCUT2D eigenvalue weighted by molar-refractivity contribution is 6.34.